The van der Waals surface area contributed by atoms with Gasteiger partial charge in [0, 0.05) is 5.56 Å². The van der Waals surface area contributed by atoms with E-state index in [9.17, 15) is 9.59 Å². The first-order valence-corrected chi connectivity index (χ1v) is 12.6. The minimum absolute atomic E-state index is 0.0905. The molecule has 0 aliphatic heterocycles. The van der Waals surface area contributed by atoms with Gasteiger partial charge in [-0.2, -0.15) is 0 Å². The Bertz CT molecular complexity index is 1340. The molecule has 0 N–H and O–H groups in total. The van der Waals surface area contributed by atoms with E-state index in [1.807, 2.05) is 24.5 Å². The number of rotatable bonds is 8. The van der Waals surface area contributed by atoms with Crippen LogP contribution >= 0.6 is 11.8 Å². The van der Waals surface area contributed by atoms with Crippen LogP contribution in [0.4, 0.5) is 0 Å². The Morgan fingerprint density at radius 2 is 1.58 bits per heavy atom. The highest BCUT2D eigenvalue weighted by Crippen LogP contribution is 2.52. The SMILES string of the molecule is COc1ccc(OC(=O)CC2Cc3cc(OC)c(OC)c(OC)c3-c3ccc(SC)c(=O)cc32)cc1. The van der Waals surface area contributed by atoms with E-state index >= 15 is 0 Å². The predicted octanol–water partition coefficient (Wildman–Crippen LogP) is 5.11. The molecule has 3 aromatic carbocycles. The number of fused-ring (bicyclic) bond motifs is 3. The highest BCUT2D eigenvalue weighted by molar-refractivity contribution is 7.98. The number of hydrogen-bond donors (Lipinski definition) is 0. The number of carbonyl (C=O) groups excluding carboxylic acids is 1. The van der Waals surface area contributed by atoms with Crippen molar-refractivity contribution in [2.45, 2.75) is 23.7 Å². The van der Waals surface area contributed by atoms with Crippen molar-refractivity contribution in [3.63, 3.8) is 0 Å². The molecule has 0 radical (unpaired) electrons. The second-order valence-corrected chi connectivity index (χ2v) is 9.06. The molecule has 0 saturated carbocycles. The van der Waals surface area contributed by atoms with Crippen molar-refractivity contribution in [1.82, 2.24) is 0 Å². The molecule has 3 aromatic rings. The van der Waals surface area contributed by atoms with Gasteiger partial charge >= 0.3 is 5.97 Å². The van der Waals surface area contributed by atoms with Gasteiger partial charge in [0.25, 0.3) is 0 Å². The Labute approximate surface area is 214 Å². The summed E-state index contributed by atoms with van der Waals surface area (Å²) in [6, 6.07) is 14.1. The van der Waals surface area contributed by atoms with Crippen LogP contribution in [0.2, 0.25) is 0 Å². The smallest absolute Gasteiger partial charge is 0.311 e. The number of esters is 1. The number of carbonyl (C=O) groups is 1. The summed E-state index contributed by atoms with van der Waals surface area (Å²) in [6.45, 7) is 0. The summed E-state index contributed by atoms with van der Waals surface area (Å²) in [5, 5.41) is 0. The van der Waals surface area contributed by atoms with Gasteiger partial charge in [-0.3, -0.25) is 9.59 Å². The number of hydrogen-bond acceptors (Lipinski definition) is 8. The molecule has 8 heteroatoms. The summed E-state index contributed by atoms with van der Waals surface area (Å²) in [5.74, 6) is 1.96. The Kier molecular flexibility index (Phi) is 7.74. The number of methoxy groups -OCH3 is 4. The van der Waals surface area contributed by atoms with Crippen molar-refractivity contribution >= 4 is 17.7 Å². The Hall–Kier alpha value is -3.65. The van der Waals surface area contributed by atoms with Gasteiger partial charge in [-0.25, -0.2) is 0 Å². The quantitative estimate of drug-likeness (QED) is 0.236. The van der Waals surface area contributed by atoms with E-state index in [1.165, 1.54) is 11.8 Å². The number of ether oxygens (including phenoxy) is 5. The van der Waals surface area contributed by atoms with Crippen molar-refractivity contribution < 1.29 is 28.5 Å². The average Bonchev–Trinajstić information content (AvgIpc) is 3.06. The summed E-state index contributed by atoms with van der Waals surface area (Å²) in [7, 11) is 6.27. The molecule has 1 aliphatic rings. The van der Waals surface area contributed by atoms with Crippen LogP contribution in [0.5, 0.6) is 28.7 Å². The van der Waals surface area contributed by atoms with E-state index in [4.69, 9.17) is 23.7 Å². The van der Waals surface area contributed by atoms with E-state index in [-0.39, 0.29) is 17.8 Å². The maximum Gasteiger partial charge on any atom is 0.311 e. The van der Waals surface area contributed by atoms with Gasteiger partial charge < -0.3 is 23.7 Å². The van der Waals surface area contributed by atoms with Crippen LogP contribution in [-0.2, 0) is 11.2 Å². The molecular formula is C28H28O7S. The van der Waals surface area contributed by atoms with Gasteiger partial charge in [0.2, 0.25) is 5.75 Å². The van der Waals surface area contributed by atoms with E-state index in [2.05, 4.69) is 0 Å². The van der Waals surface area contributed by atoms with Gasteiger partial charge in [0.15, 0.2) is 16.9 Å². The Morgan fingerprint density at radius 3 is 2.19 bits per heavy atom. The molecule has 0 bridgehead atoms. The summed E-state index contributed by atoms with van der Waals surface area (Å²) in [6.07, 6.45) is 2.45. The molecule has 0 saturated heterocycles. The molecule has 188 valence electrons. The lowest BCUT2D eigenvalue weighted by Crippen LogP contribution is -2.19. The van der Waals surface area contributed by atoms with Gasteiger partial charge in [0.05, 0.1) is 39.8 Å². The predicted molar refractivity (Wildman–Crippen MR) is 139 cm³/mol. The van der Waals surface area contributed by atoms with Crippen LogP contribution in [0.25, 0.3) is 11.1 Å². The zero-order chi connectivity index (χ0) is 25.8. The van der Waals surface area contributed by atoms with E-state index < -0.39 is 5.97 Å². The number of benzene rings is 2. The third kappa shape index (κ3) is 4.86. The van der Waals surface area contributed by atoms with Crippen LogP contribution in [0, 0.1) is 0 Å². The molecule has 0 aromatic heterocycles. The van der Waals surface area contributed by atoms with E-state index in [1.54, 1.807) is 58.8 Å². The first-order valence-electron chi connectivity index (χ1n) is 11.3. The molecule has 7 nitrogen and oxygen atoms in total. The van der Waals surface area contributed by atoms with Crippen molar-refractivity contribution in [2.75, 3.05) is 34.7 Å². The van der Waals surface area contributed by atoms with E-state index in [0.717, 1.165) is 22.3 Å². The zero-order valence-electron chi connectivity index (χ0n) is 20.9. The maximum absolute atomic E-state index is 13.0. The van der Waals surface area contributed by atoms with Crippen molar-refractivity contribution in [3.8, 4) is 39.9 Å². The third-order valence-electron chi connectivity index (χ3n) is 6.25. The molecule has 0 fully saturated rings. The molecule has 4 rings (SSSR count). The minimum atomic E-state index is -0.393. The third-order valence-corrected chi connectivity index (χ3v) is 7.03. The van der Waals surface area contributed by atoms with Gasteiger partial charge in [-0.05, 0) is 77.7 Å². The fourth-order valence-corrected chi connectivity index (χ4v) is 5.06. The molecule has 1 atom stereocenters. The van der Waals surface area contributed by atoms with Crippen LogP contribution < -0.4 is 29.1 Å². The molecule has 36 heavy (non-hydrogen) atoms. The van der Waals surface area contributed by atoms with Gasteiger partial charge in [0.1, 0.15) is 11.5 Å². The molecular weight excluding hydrogens is 480 g/mol. The summed E-state index contributed by atoms with van der Waals surface area (Å²) >= 11 is 1.38. The Balaban J connectivity index is 1.80. The topological polar surface area (TPSA) is 80.3 Å². The molecule has 1 aliphatic carbocycles. The monoisotopic (exact) mass is 508 g/mol. The van der Waals surface area contributed by atoms with Crippen molar-refractivity contribution in [3.05, 3.63) is 69.9 Å². The lowest BCUT2D eigenvalue weighted by molar-refractivity contribution is -0.134. The van der Waals surface area contributed by atoms with Crippen LogP contribution in [0.1, 0.15) is 23.5 Å². The first kappa shape index (κ1) is 25.4. The maximum atomic E-state index is 13.0. The highest BCUT2D eigenvalue weighted by Gasteiger charge is 2.32. The summed E-state index contributed by atoms with van der Waals surface area (Å²) in [4.78, 5) is 26.6. The molecule has 1 unspecified atom stereocenters. The van der Waals surface area contributed by atoms with Crippen LogP contribution in [-0.4, -0.2) is 40.7 Å². The minimum Gasteiger partial charge on any atom is -0.497 e. The second-order valence-electron chi connectivity index (χ2n) is 8.21. The first-order chi connectivity index (χ1) is 17.4. The van der Waals surface area contributed by atoms with Crippen molar-refractivity contribution in [2.24, 2.45) is 0 Å². The number of thioether (sulfide) groups is 1. The molecule has 0 heterocycles. The van der Waals surface area contributed by atoms with Crippen LogP contribution in [0.15, 0.2) is 58.2 Å². The van der Waals surface area contributed by atoms with Crippen LogP contribution in [0.3, 0.4) is 0 Å². The lowest BCUT2D eigenvalue weighted by Gasteiger charge is -2.29. The lowest BCUT2D eigenvalue weighted by atomic mass is 9.77. The fraction of sp³-hybridized carbons (Fsp3) is 0.286. The average molecular weight is 509 g/mol. The second kappa shape index (κ2) is 11.0. The fourth-order valence-electron chi connectivity index (χ4n) is 4.60. The van der Waals surface area contributed by atoms with E-state index in [0.29, 0.717) is 40.1 Å². The van der Waals surface area contributed by atoms with Crippen molar-refractivity contribution in [1.29, 1.82) is 0 Å². The highest BCUT2D eigenvalue weighted by atomic mass is 32.2. The van der Waals surface area contributed by atoms with Gasteiger partial charge in [-0.1, -0.05) is 6.07 Å². The summed E-state index contributed by atoms with van der Waals surface area (Å²) < 4.78 is 27.7. The largest absolute Gasteiger partial charge is 0.497 e. The normalized spacial score (nSPS) is 13.8. The summed E-state index contributed by atoms with van der Waals surface area (Å²) in [5.41, 5.74) is 3.25. The molecule has 0 spiro atoms. The molecule has 0 amide bonds. The Morgan fingerprint density at radius 1 is 0.889 bits per heavy atom. The van der Waals surface area contributed by atoms with Gasteiger partial charge in [-0.15, -0.1) is 11.8 Å². The zero-order valence-corrected chi connectivity index (χ0v) is 21.7. The standard InChI is InChI=1S/C28H28O7S/c1-31-18-6-8-19(9-7-18)35-25(30)14-16-12-17-13-23(32-2)27(33-3)28(34-4)26(17)20-10-11-24(36-5)22(29)15-21(16)20/h6-11,13,15-16H,12,14H2,1-5H3.